The van der Waals surface area contributed by atoms with Crippen molar-refractivity contribution in [1.29, 1.82) is 0 Å². The maximum absolute atomic E-state index is 12.4. The van der Waals surface area contributed by atoms with Crippen molar-refractivity contribution < 1.29 is 24.2 Å². The van der Waals surface area contributed by atoms with E-state index in [1.165, 1.54) is 13.8 Å². The van der Waals surface area contributed by atoms with E-state index in [4.69, 9.17) is 4.74 Å². The van der Waals surface area contributed by atoms with Crippen LogP contribution >= 0.6 is 0 Å². The Morgan fingerprint density at radius 2 is 1.82 bits per heavy atom. The number of carbonyl (C=O) groups is 3. The second kappa shape index (κ2) is 6.38. The molecule has 4 aliphatic carbocycles. The Morgan fingerprint density at radius 3 is 2.46 bits per heavy atom. The van der Waals surface area contributed by atoms with Crippen LogP contribution in [0.3, 0.4) is 0 Å². The number of hydrogen-bond acceptors (Lipinski definition) is 5. The standard InChI is InChI=1S/C23H34O5/c1-13(24)23(27)10-8-18-17-6-5-15-11-16(26)7-9-21(15,3)20(17)19(28-14(2)25)12-22(18,23)4/h15,17-20,27H,5-12H2,1-4H3/t15-,17+,18+,19-,20-,21+,22+,23+/m1/s1. The minimum absolute atomic E-state index is 0.0186. The molecular weight excluding hydrogens is 356 g/mol. The number of hydrogen-bond donors (Lipinski definition) is 1. The van der Waals surface area contributed by atoms with Crippen LogP contribution in [0.2, 0.25) is 0 Å². The number of ketones is 2. The molecule has 4 fully saturated rings. The van der Waals surface area contributed by atoms with Crippen LogP contribution in [-0.2, 0) is 19.1 Å². The summed E-state index contributed by atoms with van der Waals surface area (Å²) in [6, 6.07) is 0. The summed E-state index contributed by atoms with van der Waals surface area (Å²) < 4.78 is 5.90. The lowest BCUT2D eigenvalue weighted by Crippen LogP contribution is -2.63. The Kier molecular flexibility index (Phi) is 4.57. The highest BCUT2D eigenvalue weighted by Crippen LogP contribution is 2.68. The topological polar surface area (TPSA) is 80.7 Å². The molecule has 156 valence electrons. The predicted octanol–water partition coefficient (Wildman–Crippen LogP) is 3.46. The van der Waals surface area contributed by atoms with Gasteiger partial charge in [-0.15, -0.1) is 0 Å². The van der Waals surface area contributed by atoms with E-state index in [0.29, 0.717) is 43.3 Å². The van der Waals surface area contributed by atoms with Gasteiger partial charge in [0.2, 0.25) is 0 Å². The SMILES string of the molecule is CC(=O)O[C@@H]1C[C@@]2(C)[C@@H](CC[C@]2(O)C(C)=O)[C@@H]2CC[C@@H]3CC(=O)CC[C@]3(C)[C@H]21. The Hall–Kier alpha value is -1.23. The first-order valence-corrected chi connectivity index (χ1v) is 11.0. The quantitative estimate of drug-likeness (QED) is 0.730. The van der Waals surface area contributed by atoms with Gasteiger partial charge in [-0.05, 0) is 68.6 Å². The highest BCUT2D eigenvalue weighted by molar-refractivity contribution is 5.86. The molecule has 5 nitrogen and oxygen atoms in total. The molecule has 0 amide bonds. The molecule has 1 N–H and O–H groups in total. The first kappa shape index (κ1) is 20.1. The molecule has 4 rings (SSSR count). The molecule has 4 aliphatic rings. The number of esters is 1. The van der Waals surface area contributed by atoms with Crippen molar-refractivity contribution in [2.75, 3.05) is 0 Å². The van der Waals surface area contributed by atoms with Gasteiger partial charge in [0.1, 0.15) is 17.5 Å². The Balaban J connectivity index is 1.77. The van der Waals surface area contributed by atoms with Crippen molar-refractivity contribution in [2.24, 2.45) is 34.5 Å². The maximum atomic E-state index is 12.4. The molecule has 4 saturated carbocycles. The Morgan fingerprint density at radius 1 is 1.11 bits per heavy atom. The highest BCUT2D eigenvalue weighted by Gasteiger charge is 2.69. The minimum atomic E-state index is -1.33. The van der Waals surface area contributed by atoms with E-state index in [1.54, 1.807) is 0 Å². The zero-order chi connectivity index (χ0) is 20.5. The molecule has 0 bridgehead atoms. The van der Waals surface area contributed by atoms with Crippen LogP contribution in [0.25, 0.3) is 0 Å². The average molecular weight is 391 g/mol. The number of fused-ring (bicyclic) bond motifs is 5. The molecule has 0 saturated heterocycles. The van der Waals surface area contributed by atoms with Gasteiger partial charge in [0.25, 0.3) is 0 Å². The number of Topliss-reactive ketones (excluding diaryl/α,β-unsaturated/α-hetero) is 2. The van der Waals surface area contributed by atoms with Crippen LogP contribution in [0.5, 0.6) is 0 Å². The molecule has 0 aliphatic heterocycles. The van der Waals surface area contributed by atoms with Gasteiger partial charge in [0.15, 0.2) is 5.78 Å². The molecule has 5 heteroatoms. The lowest BCUT2D eigenvalue weighted by atomic mass is 9.43. The Labute approximate surface area is 167 Å². The van der Waals surface area contributed by atoms with E-state index < -0.39 is 11.0 Å². The highest BCUT2D eigenvalue weighted by atomic mass is 16.5. The van der Waals surface area contributed by atoms with E-state index >= 15 is 0 Å². The third-order valence-electron chi connectivity index (χ3n) is 9.44. The predicted molar refractivity (Wildman–Crippen MR) is 103 cm³/mol. The fraction of sp³-hybridized carbons (Fsp3) is 0.870. The molecule has 0 aromatic rings. The van der Waals surface area contributed by atoms with Crippen LogP contribution in [0.15, 0.2) is 0 Å². The van der Waals surface area contributed by atoms with Crippen LogP contribution in [0.4, 0.5) is 0 Å². The molecule has 0 aromatic carbocycles. The third kappa shape index (κ3) is 2.57. The summed E-state index contributed by atoms with van der Waals surface area (Å²) in [5, 5.41) is 11.4. The number of carbonyl (C=O) groups excluding carboxylic acids is 3. The summed E-state index contributed by atoms with van der Waals surface area (Å²) in [7, 11) is 0. The summed E-state index contributed by atoms with van der Waals surface area (Å²) in [6.07, 6.45) is 5.70. The van der Waals surface area contributed by atoms with Crippen molar-refractivity contribution in [2.45, 2.75) is 90.8 Å². The fourth-order valence-electron chi connectivity index (χ4n) is 8.04. The van der Waals surface area contributed by atoms with Gasteiger partial charge in [0, 0.05) is 31.1 Å². The van der Waals surface area contributed by atoms with Crippen molar-refractivity contribution in [1.82, 2.24) is 0 Å². The Bertz CT molecular complexity index is 716. The van der Waals surface area contributed by atoms with Gasteiger partial charge >= 0.3 is 5.97 Å². The molecule has 0 unspecified atom stereocenters. The summed E-state index contributed by atoms with van der Waals surface area (Å²) in [4.78, 5) is 36.6. The van der Waals surface area contributed by atoms with Crippen molar-refractivity contribution in [3.63, 3.8) is 0 Å². The van der Waals surface area contributed by atoms with Crippen LogP contribution in [0, 0.1) is 34.5 Å². The van der Waals surface area contributed by atoms with E-state index in [9.17, 15) is 19.5 Å². The smallest absolute Gasteiger partial charge is 0.302 e. The largest absolute Gasteiger partial charge is 0.462 e. The lowest BCUT2D eigenvalue weighted by Gasteiger charge is -2.62. The van der Waals surface area contributed by atoms with E-state index in [-0.39, 0.29) is 35.1 Å². The molecular formula is C23H34O5. The van der Waals surface area contributed by atoms with Crippen molar-refractivity contribution in [3.8, 4) is 0 Å². The van der Waals surface area contributed by atoms with Gasteiger partial charge in [-0.2, -0.15) is 0 Å². The molecule has 0 spiro atoms. The second-order valence-corrected chi connectivity index (χ2v) is 10.5. The summed E-state index contributed by atoms with van der Waals surface area (Å²) in [6.45, 7) is 7.28. The maximum Gasteiger partial charge on any atom is 0.302 e. The second-order valence-electron chi connectivity index (χ2n) is 10.5. The van der Waals surface area contributed by atoms with Gasteiger partial charge in [0.05, 0.1) is 0 Å². The van der Waals surface area contributed by atoms with Crippen molar-refractivity contribution in [3.05, 3.63) is 0 Å². The number of aliphatic hydroxyl groups is 1. The first-order chi connectivity index (χ1) is 13.0. The van der Waals surface area contributed by atoms with E-state index in [0.717, 1.165) is 25.7 Å². The third-order valence-corrected chi connectivity index (χ3v) is 9.44. The molecule has 0 radical (unpaired) electrons. The van der Waals surface area contributed by atoms with Gasteiger partial charge in [-0.3, -0.25) is 14.4 Å². The lowest BCUT2D eigenvalue weighted by molar-refractivity contribution is -0.209. The van der Waals surface area contributed by atoms with Gasteiger partial charge in [-0.1, -0.05) is 13.8 Å². The summed E-state index contributed by atoms with van der Waals surface area (Å²) in [5.41, 5.74) is -1.91. The molecule has 8 atom stereocenters. The van der Waals surface area contributed by atoms with Gasteiger partial charge in [-0.25, -0.2) is 0 Å². The number of rotatable bonds is 2. The van der Waals surface area contributed by atoms with E-state index in [2.05, 4.69) is 6.92 Å². The average Bonchev–Trinajstić information content (AvgIpc) is 2.87. The van der Waals surface area contributed by atoms with Crippen LogP contribution in [0.1, 0.15) is 79.1 Å². The van der Waals surface area contributed by atoms with E-state index in [1.807, 2.05) is 6.92 Å². The van der Waals surface area contributed by atoms with Crippen LogP contribution in [-0.4, -0.2) is 34.3 Å². The molecule has 0 heterocycles. The molecule has 28 heavy (non-hydrogen) atoms. The normalized spacial score (nSPS) is 50.3. The van der Waals surface area contributed by atoms with Gasteiger partial charge < -0.3 is 9.84 Å². The fourth-order valence-corrected chi connectivity index (χ4v) is 8.04. The summed E-state index contributed by atoms with van der Waals surface area (Å²) in [5.74, 6) is 1.03. The summed E-state index contributed by atoms with van der Waals surface area (Å²) >= 11 is 0. The first-order valence-electron chi connectivity index (χ1n) is 11.0. The monoisotopic (exact) mass is 390 g/mol. The minimum Gasteiger partial charge on any atom is -0.462 e. The number of ether oxygens (including phenoxy) is 1. The van der Waals surface area contributed by atoms with Crippen molar-refractivity contribution >= 4 is 17.5 Å². The zero-order valence-electron chi connectivity index (χ0n) is 17.6. The molecule has 0 aromatic heterocycles. The van der Waals surface area contributed by atoms with Crippen LogP contribution < -0.4 is 0 Å². The zero-order valence-corrected chi connectivity index (χ0v) is 17.6.